The summed E-state index contributed by atoms with van der Waals surface area (Å²) >= 11 is 0. The van der Waals surface area contributed by atoms with Gasteiger partial charge in [-0.3, -0.25) is 9.59 Å². The number of piperidine rings is 1. The normalized spacial score (nSPS) is 13.7. The fourth-order valence-corrected chi connectivity index (χ4v) is 3.22. The van der Waals surface area contributed by atoms with Gasteiger partial charge in [0.15, 0.2) is 0 Å². The number of para-hydroxylation sites is 1. The van der Waals surface area contributed by atoms with Crippen LogP contribution in [0.4, 0.5) is 5.69 Å². The Balaban J connectivity index is 1.70. The zero-order valence-electron chi connectivity index (χ0n) is 15.9. The first-order chi connectivity index (χ1) is 13.6. The number of anilines is 1. The molecular weight excluding hydrogens is 356 g/mol. The molecule has 1 saturated heterocycles. The van der Waals surface area contributed by atoms with Crippen molar-refractivity contribution in [2.24, 2.45) is 0 Å². The maximum Gasteiger partial charge on any atom is 0.340 e. The van der Waals surface area contributed by atoms with E-state index in [0.29, 0.717) is 22.4 Å². The molecule has 3 rings (SSSR count). The Morgan fingerprint density at radius 1 is 0.929 bits per heavy atom. The largest absolute Gasteiger partial charge is 0.462 e. The molecule has 2 amide bonds. The van der Waals surface area contributed by atoms with E-state index in [2.05, 4.69) is 5.32 Å². The fraction of sp³-hybridized carbons (Fsp3) is 0.318. The lowest BCUT2D eigenvalue weighted by Crippen LogP contribution is -2.35. The molecule has 0 bridgehead atoms. The van der Waals surface area contributed by atoms with Crippen molar-refractivity contribution in [3.63, 3.8) is 0 Å². The van der Waals surface area contributed by atoms with E-state index < -0.39 is 5.97 Å². The van der Waals surface area contributed by atoms with Crippen LogP contribution in [0.1, 0.15) is 57.3 Å². The topological polar surface area (TPSA) is 75.7 Å². The maximum absolute atomic E-state index is 12.6. The molecule has 146 valence electrons. The van der Waals surface area contributed by atoms with Crippen LogP contribution in [0.2, 0.25) is 0 Å². The number of rotatable bonds is 5. The molecule has 1 fully saturated rings. The van der Waals surface area contributed by atoms with Crippen LogP contribution < -0.4 is 5.32 Å². The van der Waals surface area contributed by atoms with Crippen molar-refractivity contribution in [2.75, 3.05) is 25.0 Å². The molecule has 0 saturated carbocycles. The first-order valence-corrected chi connectivity index (χ1v) is 9.57. The Labute approximate surface area is 164 Å². The second kappa shape index (κ2) is 9.17. The summed E-state index contributed by atoms with van der Waals surface area (Å²) in [5.41, 5.74) is 1.67. The molecule has 1 aliphatic rings. The van der Waals surface area contributed by atoms with Gasteiger partial charge in [-0.15, -0.1) is 0 Å². The minimum Gasteiger partial charge on any atom is -0.462 e. The summed E-state index contributed by atoms with van der Waals surface area (Å²) in [7, 11) is 0. The van der Waals surface area contributed by atoms with Gasteiger partial charge in [-0.2, -0.15) is 0 Å². The molecule has 0 aromatic heterocycles. The van der Waals surface area contributed by atoms with Crippen LogP contribution in [0.25, 0.3) is 0 Å². The first-order valence-electron chi connectivity index (χ1n) is 9.57. The Hall–Kier alpha value is -3.15. The van der Waals surface area contributed by atoms with Gasteiger partial charge in [0.1, 0.15) is 0 Å². The molecule has 0 unspecified atom stereocenters. The van der Waals surface area contributed by atoms with E-state index in [4.69, 9.17) is 4.74 Å². The number of amides is 2. The van der Waals surface area contributed by atoms with Crippen LogP contribution in [0, 0.1) is 0 Å². The summed E-state index contributed by atoms with van der Waals surface area (Å²) in [5.74, 6) is -0.839. The summed E-state index contributed by atoms with van der Waals surface area (Å²) in [4.78, 5) is 39.0. The molecule has 0 radical (unpaired) electrons. The first kappa shape index (κ1) is 19.6. The number of likely N-dealkylation sites (tertiary alicyclic amines) is 1. The van der Waals surface area contributed by atoms with Gasteiger partial charge in [0, 0.05) is 24.2 Å². The summed E-state index contributed by atoms with van der Waals surface area (Å²) < 4.78 is 5.02. The van der Waals surface area contributed by atoms with E-state index in [1.165, 1.54) is 0 Å². The van der Waals surface area contributed by atoms with Gasteiger partial charge in [-0.05, 0) is 62.6 Å². The van der Waals surface area contributed by atoms with E-state index in [0.717, 1.165) is 32.4 Å². The Morgan fingerprint density at radius 2 is 1.57 bits per heavy atom. The number of nitrogens with zero attached hydrogens (tertiary/aromatic N) is 1. The van der Waals surface area contributed by atoms with Crippen LogP contribution >= 0.6 is 0 Å². The highest BCUT2D eigenvalue weighted by Gasteiger charge is 2.19. The van der Waals surface area contributed by atoms with E-state index >= 15 is 0 Å². The average Bonchev–Trinajstić information content (AvgIpc) is 2.74. The molecule has 2 aromatic carbocycles. The fourth-order valence-electron chi connectivity index (χ4n) is 3.22. The second-order valence-electron chi connectivity index (χ2n) is 6.65. The second-order valence-corrected chi connectivity index (χ2v) is 6.65. The van der Waals surface area contributed by atoms with Crippen LogP contribution in [-0.4, -0.2) is 42.4 Å². The third kappa shape index (κ3) is 4.57. The number of benzene rings is 2. The number of esters is 1. The average molecular weight is 380 g/mol. The van der Waals surface area contributed by atoms with Gasteiger partial charge in [-0.1, -0.05) is 12.1 Å². The Kier molecular flexibility index (Phi) is 6.42. The maximum atomic E-state index is 12.6. The van der Waals surface area contributed by atoms with Crippen LogP contribution in [0.3, 0.4) is 0 Å². The Morgan fingerprint density at radius 3 is 2.25 bits per heavy atom. The number of hydrogen-bond donors (Lipinski definition) is 1. The molecule has 0 atom stereocenters. The number of ether oxygens (including phenoxy) is 1. The van der Waals surface area contributed by atoms with Crippen molar-refractivity contribution >= 4 is 23.5 Å². The van der Waals surface area contributed by atoms with Gasteiger partial charge in [0.05, 0.1) is 17.9 Å². The lowest BCUT2D eigenvalue weighted by atomic mass is 10.1. The molecule has 1 heterocycles. The predicted molar refractivity (Wildman–Crippen MR) is 107 cm³/mol. The van der Waals surface area contributed by atoms with Crippen molar-refractivity contribution in [1.82, 2.24) is 4.90 Å². The SMILES string of the molecule is CCOC(=O)c1ccccc1NC(=O)c1ccc(C(=O)N2CCCCC2)cc1. The molecule has 6 nitrogen and oxygen atoms in total. The number of carbonyl (C=O) groups is 3. The lowest BCUT2D eigenvalue weighted by molar-refractivity contribution is 0.0527. The van der Waals surface area contributed by atoms with Gasteiger partial charge >= 0.3 is 5.97 Å². The molecule has 28 heavy (non-hydrogen) atoms. The van der Waals surface area contributed by atoms with Crippen LogP contribution in [0.15, 0.2) is 48.5 Å². The molecule has 0 aliphatic carbocycles. The van der Waals surface area contributed by atoms with E-state index in [1.807, 2.05) is 4.90 Å². The monoisotopic (exact) mass is 380 g/mol. The van der Waals surface area contributed by atoms with E-state index in [-0.39, 0.29) is 18.4 Å². The van der Waals surface area contributed by atoms with Crippen molar-refractivity contribution in [2.45, 2.75) is 26.2 Å². The number of nitrogens with one attached hydrogen (secondary N) is 1. The van der Waals surface area contributed by atoms with Crippen molar-refractivity contribution in [3.8, 4) is 0 Å². The third-order valence-corrected chi connectivity index (χ3v) is 4.71. The van der Waals surface area contributed by atoms with Gasteiger partial charge in [0.2, 0.25) is 0 Å². The molecule has 6 heteroatoms. The molecule has 0 spiro atoms. The summed E-state index contributed by atoms with van der Waals surface area (Å²) in [5, 5.41) is 2.74. The smallest absolute Gasteiger partial charge is 0.340 e. The van der Waals surface area contributed by atoms with Gasteiger partial charge in [0.25, 0.3) is 11.8 Å². The molecule has 1 N–H and O–H groups in total. The minimum atomic E-state index is -0.485. The standard InChI is InChI=1S/C22H24N2O4/c1-2-28-22(27)18-8-4-5-9-19(18)23-20(25)16-10-12-17(13-11-16)21(26)24-14-6-3-7-15-24/h4-5,8-13H,2-3,6-7,14-15H2,1H3,(H,23,25). The van der Waals surface area contributed by atoms with Crippen molar-refractivity contribution in [3.05, 3.63) is 65.2 Å². The van der Waals surface area contributed by atoms with E-state index in [1.54, 1.807) is 55.5 Å². The molecule has 1 aliphatic heterocycles. The molecular formula is C22H24N2O4. The summed E-state index contributed by atoms with van der Waals surface area (Å²) in [6.07, 6.45) is 3.23. The highest BCUT2D eigenvalue weighted by Crippen LogP contribution is 2.18. The van der Waals surface area contributed by atoms with E-state index in [9.17, 15) is 14.4 Å². The minimum absolute atomic E-state index is 0.000634. The number of hydrogen-bond acceptors (Lipinski definition) is 4. The quantitative estimate of drug-likeness (QED) is 0.802. The predicted octanol–water partition coefficient (Wildman–Crippen LogP) is 3.74. The zero-order valence-corrected chi connectivity index (χ0v) is 15.9. The van der Waals surface area contributed by atoms with Crippen molar-refractivity contribution < 1.29 is 19.1 Å². The highest BCUT2D eigenvalue weighted by atomic mass is 16.5. The molecule has 2 aromatic rings. The number of carbonyl (C=O) groups excluding carboxylic acids is 3. The zero-order chi connectivity index (χ0) is 19.9. The lowest BCUT2D eigenvalue weighted by Gasteiger charge is -2.26. The third-order valence-electron chi connectivity index (χ3n) is 4.71. The van der Waals surface area contributed by atoms with Crippen molar-refractivity contribution in [1.29, 1.82) is 0 Å². The highest BCUT2D eigenvalue weighted by molar-refractivity contribution is 6.08. The Bertz CT molecular complexity index is 855. The van der Waals surface area contributed by atoms with Crippen LogP contribution in [-0.2, 0) is 4.74 Å². The summed E-state index contributed by atoms with van der Waals surface area (Å²) in [6, 6.07) is 13.3. The summed E-state index contributed by atoms with van der Waals surface area (Å²) in [6.45, 7) is 3.55. The van der Waals surface area contributed by atoms with Gasteiger partial charge < -0.3 is 15.0 Å². The van der Waals surface area contributed by atoms with Gasteiger partial charge in [-0.25, -0.2) is 4.79 Å². The van der Waals surface area contributed by atoms with Crippen LogP contribution in [0.5, 0.6) is 0 Å².